The third-order valence-electron chi connectivity index (χ3n) is 5.56. The summed E-state index contributed by atoms with van der Waals surface area (Å²) in [5, 5.41) is 6.66. The Morgan fingerprint density at radius 1 is 1.35 bits per heavy atom. The molecule has 1 aliphatic carbocycles. The number of hydrogen-bond donors (Lipinski definition) is 2. The summed E-state index contributed by atoms with van der Waals surface area (Å²) in [6.45, 7) is 4.42. The molecule has 0 spiro atoms. The van der Waals surface area contributed by atoms with Crippen molar-refractivity contribution in [1.29, 1.82) is 0 Å². The highest BCUT2D eigenvalue weighted by atomic mass is 16.2. The molecule has 1 heterocycles. The van der Waals surface area contributed by atoms with Crippen molar-refractivity contribution >= 4 is 5.91 Å². The Morgan fingerprint density at radius 2 is 2.17 bits per heavy atom. The normalized spacial score (nSPS) is 27.0. The maximum Gasteiger partial charge on any atom is 0.227 e. The Morgan fingerprint density at radius 3 is 3.00 bits per heavy atom. The van der Waals surface area contributed by atoms with Gasteiger partial charge in [0, 0.05) is 26.2 Å². The maximum atomic E-state index is 12.8. The molecular weight excluding hydrogens is 286 g/mol. The first-order valence-corrected chi connectivity index (χ1v) is 8.92. The van der Waals surface area contributed by atoms with Crippen molar-refractivity contribution in [3.05, 3.63) is 35.9 Å². The van der Waals surface area contributed by atoms with Crippen LogP contribution in [0.3, 0.4) is 0 Å². The molecule has 4 heteroatoms. The maximum absolute atomic E-state index is 12.8. The number of likely N-dealkylation sites (N-methyl/N-ethyl adjacent to an activating group) is 1. The van der Waals surface area contributed by atoms with Gasteiger partial charge in [0.05, 0.1) is 5.41 Å². The summed E-state index contributed by atoms with van der Waals surface area (Å²) in [7, 11) is 2.11. The van der Waals surface area contributed by atoms with Gasteiger partial charge in [-0.3, -0.25) is 4.79 Å². The molecule has 0 bridgehead atoms. The number of rotatable bonds is 6. The zero-order valence-corrected chi connectivity index (χ0v) is 14.2. The summed E-state index contributed by atoms with van der Waals surface area (Å²) < 4.78 is 0. The molecule has 1 saturated heterocycles. The molecule has 2 fully saturated rings. The van der Waals surface area contributed by atoms with Crippen LogP contribution in [-0.4, -0.2) is 44.0 Å². The minimum atomic E-state index is -0.129. The van der Waals surface area contributed by atoms with Crippen LogP contribution in [0.5, 0.6) is 0 Å². The first kappa shape index (κ1) is 16.5. The lowest BCUT2D eigenvalue weighted by molar-refractivity contribution is -0.134. The summed E-state index contributed by atoms with van der Waals surface area (Å²) in [6, 6.07) is 10.5. The van der Waals surface area contributed by atoms with E-state index in [4.69, 9.17) is 0 Å². The van der Waals surface area contributed by atoms with Crippen LogP contribution in [0.2, 0.25) is 0 Å². The van der Waals surface area contributed by atoms with E-state index in [0.29, 0.717) is 5.92 Å². The Balaban J connectivity index is 1.45. The molecule has 2 atom stereocenters. The van der Waals surface area contributed by atoms with Crippen LogP contribution < -0.4 is 10.6 Å². The number of hydrogen-bond acceptors (Lipinski definition) is 3. The van der Waals surface area contributed by atoms with Gasteiger partial charge in [-0.2, -0.15) is 0 Å². The molecule has 1 amide bonds. The number of benzene rings is 1. The standard InChI is InChI=1S/C19H29N3O/c1-22(14-16-7-3-2-4-8-16)12-11-21-18(23)19-10-6-5-9-17(19)13-20-15-19/h2-4,7-8,17,20H,5-6,9-15H2,1H3,(H,21,23)/t17-,19+/m0/s1. The molecule has 4 nitrogen and oxygen atoms in total. The molecule has 2 aliphatic rings. The SMILES string of the molecule is CN(CCNC(=O)[C@@]12CCCC[C@H]1CNC2)Cc1ccccc1. The average molecular weight is 315 g/mol. The van der Waals surface area contributed by atoms with Gasteiger partial charge in [0.1, 0.15) is 0 Å². The van der Waals surface area contributed by atoms with Gasteiger partial charge in [-0.25, -0.2) is 0 Å². The highest BCUT2D eigenvalue weighted by Crippen LogP contribution is 2.43. The topological polar surface area (TPSA) is 44.4 Å². The molecule has 1 saturated carbocycles. The Hall–Kier alpha value is -1.39. The molecule has 3 rings (SSSR count). The van der Waals surface area contributed by atoms with Gasteiger partial charge in [-0.15, -0.1) is 0 Å². The van der Waals surface area contributed by atoms with Gasteiger partial charge >= 0.3 is 0 Å². The van der Waals surface area contributed by atoms with E-state index < -0.39 is 0 Å². The van der Waals surface area contributed by atoms with Gasteiger partial charge in [0.25, 0.3) is 0 Å². The van der Waals surface area contributed by atoms with Crippen molar-refractivity contribution in [3.63, 3.8) is 0 Å². The van der Waals surface area contributed by atoms with Crippen LogP contribution >= 0.6 is 0 Å². The minimum absolute atomic E-state index is 0.129. The predicted octanol–water partition coefficient (Wildman–Crippen LogP) is 2.01. The summed E-state index contributed by atoms with van der Waals surface area (Å²) in [4.78, 5) is 15.0. The molecule has 0 radical (unpaired) electrons. The van der Waals surface area contributed by atoms with E-state index in [0.717, 1.165) is 39.1 Å². The zero-order valence-electron chi connectivity index (χ0n) is 14.2. The van der Waals surface area contributed by atoms with Gasteiger partial charge in [-0.1, -0.05) is 43.2 Å². The van der Waals surface area contributed by atoms with Crippen LogP contribution in [0.1, 0.15) is 31.2 Å². The third kappa shape index (κ3) is 3.75. The summed E-state index contributed by atoms with van der Waals surface area (Å²) in [5.74, 6) is 0.818. The molecule has 2 N–H and O–H groups in total. The van der Waals surface area contributed by atoms with Crippen LogP contribution in [0.25, 0.3) is 0 Å². The van der Waals surface area contributed by atoms with Crippen LogP contribution in [-0.2, 0) is 11.3 Å². The van der Waals surface area contributed by atoms with E-state index in [9.17, 15) is 4.79 Å². The quantitative estimate of drug-likeness (QED) is 0.844. The molecule has 0 unspecified atom stereocenters. The van der Waals surface area contributed by atoms with Crippen LogP contribution in [0.15, 0.2) is 30.3 Å². The zero-order chi connectivity index (χ0) is 16.1. The molecular formula is C19H29N3O. The largest absolute Gasteiger partial charge is 0.354 e. The van der Waals surface area contributed by atoms with E-state index in [2.05, 4.69) is 46.8 Å². The number of fused-ring (bicyclic) bond motifs is 1. The monoisotopic (exact) mass is 315 g/mol. The van der Waals surface area contributed by atoms with Crippen molar-refractivity contribution in [2.45, 2.75) is 32.2 Å². The lowest BCUT2D eigenvalue weighted by Gasteiger charge is -2.37. The first-order chi connectivity index (χ1) is 11.2. The number of amides is 1. The van der Waals surface area contributed by atoms with E-state index in [1.807, 2.05) is 6.07 Å². The van der Waals surface area contributed by atoms with Crippen molar-refractivity contribution < 1.29 is 4.79 Å². The average Bonchev–Trinajstić information content (AvgIpc) is 3.01. The van der Waals surface area contributed by atoms with E-state index in [1.54, 1.807) is 0 Å². The van der Waals surface area contributed by atoms with Crippen molar-refractivity contribution in [1.82, 2.24) is 15.5 Å². The highest BCUT2D eigenvalue weighted by Gasteiger charge is 2.49. The van der Waals surface area contributed by atoms with Crippen LogP contribution in [0.4, 0.5) is 0 Å². The fourth-order valence-corrected chi connectivity index (χ4v) is 4.20. The van der Waals surface area contributed by atoms with Gasteiger partial charge in [0.15, 0.2) is 0 Å². The number of nitrogens with one attached hydrogen (secondary N) is 2. The first-order valence-electron chi connectivity index (χ1n) is 8.92. The lowest BCUT2D eigenvalue weighted by atomic mass is 9.67. The number of carbonyl (C=O) groups excluding carboxylic acids is 1. The summed E-state index contributed by atoms with van der Waals surface area (Å²) in [6.07, 6.45) is 4.73. The number of carbonyl (C=O) groups is 1. The molecule has 1 aromatic carbocycles. The molecule has 1 aromatic rings. The smallest absolute Gasteiger partial charge is 0.227 e. The third-order valence-corrected chi connectivity index (χ3v) is 5.56. The summed E-state index contributed by atoms with van der Waals surface area (Å²) in [5.41, 5.74) is 1.18. The molecule has 0 aromatic heterocycles. The van der Waals surface area contributed by atoms with Crippen molar-refractivity contribution in [2.24, 2.45) is 11.3 Å². The van der Waals surface area contributed by atoms with Crippen molar-refractivity contribution in [2.75, 3.05) is 33.2 Å². The fraction of sp³-hybridized carbons (Fsp3) is 0.632. The Bertz CT molecular complexity index is 519. The Kier molecular flexibility index (Phi) is 5.34. The highest BCUT2D eigenvalue weighted by molar-refractivity contribution is 5.83. The van der Waals surface area contributed by atoms with E-state index in [-0.39, 0.29) is 11.3 Å². The second-order valence-electron chi connectivity index (χ2n) is 7.21. The molecule has 23 heavy (non-hydrogen) atoms. The molecule has 126 valence electrons. The van der Waals surface area contributed by atoms with Gasteiger partial charge < -0.3 is 15.5 Å². The van der Waals surface area contributed by atoms with Gasteiger partial charge in [0.2, 0.25) is 5.91 Å². The van der Waals surface area contributed by atoms with Crippen molar-refractivity contribution in [3.8, 4) is 0 Å². The second-order valence-corrected chi connectivity index (χ2v) is 7.21. The predicted molar refractivity (Wildman–Crippen MR) is 93.0 cm³/mol. The minimum Gasteiger partial charge on any atom is -0.354 e. The second kappa shape index (κ2) is 7.45. The lowest BCUT2D eigenvalue weighted by Crippen LogP contribution is -2.49. The Labute approximate surface area is 139 Å². The van der Waals surface area contributed by atoms with E-state index in [1.165, 1.54) is 24.8 Å². The fourth-order valence-electron chi connectivity index (χ4n) is 4.20. The van der Waals surface area contributed by atoms with Crippen LogP contribution in [0, 0.1) is 11.3 Å². The summed E-state index contributed by atoms with van der Waals surface area (Å²) >= 11 is 0. The van der Waals surface area contributed by atoms with E-state index >= 15 is 0 Å². The van der Waals surface area contributed by atoms with Gasteiger partial charge in [-0.05, 0) is 37.9 Å². The molecule has 1 aliphatic heterocycles. The number of nitrogens with zero attached hydrogens (tertiary/aromatic N) is 1.